The number of benzene rings is 1. The molecule has 2 N–H and O–H groups in total. The average molecular weight is 377 g/mol. The van der Waals surface area contributed by atoms with E-state index in [0.29, 0.717) is 28.4 Å². The van der Waals surface area contributed by atoms with Crippen LogP contribution >= 0.6 is 11.3 Å². The number of hydrogen-bond donors (Lipinski definition) is 2. The van der Waals surface area contributed by atoms with E-state index >= 15 is 0 Å². The molecular formula is C17H23N5O3S. The Bertz CT molecular complexity index is 744. The molecule has 0 spiro atoms. The summed E-state index contributed by atoms with van der Waals surface area (Å²) in [5.74, 6) is 1.19. The predicted octanol–water partition coefficient (Wildman–Crippen LogP) is 3.58. The third-order valence-electron chi connectivity index (χ3n) is 4.29. The van der Waals surface area contributed by atoms with Crippen LogP contribution < -0.4 is 25.0 Å². The molecule has 1 aromatic heterocycles. The van der Waals surface area contributed by atoms with Crippen LogP contribution in [0.3, 0.4) is 0 Å². The number of urea groups is 1. The van der Waals surface area contributed by atoms with Crippen LogP contribution in [0, 0.1) is 0 Å². The van der Waals surface area contributed by atoms with Gasteiger partial charge in [0.05, 0.1) is 14.2 Å². The summed E-state index contributed by atoms with van der Waals surface area (Å²) in [6.07, 6.45) is 3.55. The van der Waals surface area contributed by atoms with E-state index < -0.39 is 6.03 Å². The van der Waals surface area contributed by atoms with Crippen LogP contribution in [0.25, 0.3) is 0 Å². The number of aromatic nitrogens is 2. The summed E-state index contributed by atoms with van der Waals surface area (Å²) in [5, 5.41) is 15.1. The highest BCUT2D eigenvalue weighted by Gasteiger charge is 2.22. The van der Waals surface area contributed by atoms with Crippen LogP contribution in [0.5, 0.6) is 11.5 Å². The van der Waals surface area contributed by atoms with E-state index in [1.165, 1.54) is 17.8 Å². The number of amides is 2. The molecule has 140 valence electrons. The molecule has 0 aliphatic carbocycles. The molecule has 0 saturated carbocycles. The molecule has 1 fully saturated rings. The van der Waals surface area contributed by atoms with Gasteiger partial charge in [-0.2, -0.15) is 0 Å². The molecule has 2 aromatic rings. The summed E-state index contributed by atoms with van der Waals surface area (Å²) in [7, 11) is 3.12. The van der Waals surface area contributed by atoms with Gasteiger partial charge in [-0.05, 0) is 26.2 Å². The molecule has 26 heavy (non-hydrogen) atoms. The maximum absolute atomic E-state index is 12.3. The molecular weight excluding hydrogens is 354 g/mol. The molecule has 1 aromatic carbocycles. The van der Waals surface area contributed by atoms with E-state index in [9.17, 15) is 4.79 Å². The molecule has 0 radical (unpaired) electrons. The first kappa shape index (κ1) is 18.2. The Labute approximate surface area is 156 Å². The van der Waals surface area contributed by atoms with Crippen molar-refractivity contribution in [3.8, 4) is 11.5 Å². The minimum Gasteiger partial charge on any atom is -0.497 e. The number of rotatable bonds is 5. The Hall–Kier alpha value is -2.55. The van der Waals surface area contributed by atoms with Crippen molar-refractivity contribution in [1.82, 2.24) is 10.2 Å². The molecule has 1 atom stereocenters. The number of nitrogens with zero attached hydrogens (tertiary/aromatic N) is 3. The smallest absolute Gasteiger partial charge is 0.325 e. The lowest BCUT2D eigenvalue weighted by Gasteiger charge is -2.32. The van der Waals surface area contributed by atoms with Gasteiger partial charge >= 0.3 is 6.03 Å². The summed E-state index contributed by atoms with van der Waals surface area (Å²) >= 11 is 1.38. The van der Waals surface area contributed by atoms with Gasteiger partial charge < -0.3 is 19.7 Å². The van der Waals surface area contributed by atoms with Gasteiger partial charge in [-0.25, -0.2) is 4.79 Å². The zero-order valence-corrected chi connectivity index (χ0v) is 15.9. The van der Waals surface area contributed by atoms with Gasteiger partial charge in [0.25, 0.3) is 0 Å². The number of methoxy groups -OCH3 is 2. The molecule has 0 bridgehead atoms. The minimum atomic E-state index is -0.394. The molecule has 2 heterocycles. The van der Waals surface area contributed by atoms with Gasteiger partial charge in [-0.15, -0.1) is 10.2 Å². The normalized spacial score (nSPS) is 16.9. The highest BCUT2D eigenvalue weighted by Crippen LogP contribution is 2.30. The Morgan fingerprint density at radius 1 is 1.15 bits per heavy atom. The topological polar surface area (TPSA) is 88.6 Å². The van der Waals surface area contributed by atoms with Gasteiger partial charge in [-0.3, -0.25) is 5.32 Å². The fourth-order valence-corrected chi connectivity index (χ4v) is 3.77. The number of ether oxygens (including phenoxy) is 2. The summed E-state index contributed by atoms with van der Waals surface area (Å²) in [5.41, 5.74) is 0.563. The zero-order valence-electron chi connectivity index (χ0n) is 15.1. The molecule has 1 saturated heterocycles. The molecule has 8 nitrogen and oxygen atoms in total. The number of carbonyl (C=O) groups is 1. The van der Waals surface area contributed by atoms with Gasteiger partial charge in [-0.1, -0.05) is 11.3 Å². The summed E-state index contributed by atoms with van der Waals surface area (Å²) in [6, 6.07) is 5.21. The quantitative estimate of drug-likeness (QED) is 0.828. The first-order valence-corrected chi connectivity index (χ1v) is 9.32. The monoisotopic (exact) mass is 377 g/mol. The molecule has 3 rings (SSSR count). The second kappa shape index (κ2) is 8.22. The van der Waals surface area contributed by atoms with Gasteiger partial charge in [0.1, 0.15) is 11.5 Å². The lowest BCUT2D eigenvalue weighted by molar-refractivity contribution is 0.262. The molecule has 1 aliphatic heterocycles. The fourth-order valence-electron chi connectivity index (χ4n) is 2.90. The van der Waals surface area contributed by atoms with E-state index in [2.05, 4.69) is 32.7 Å². The number of anilines is 3. The summed E-state index contributed by atoms with van der Waals surface area (Å²) in [4.78, 5) is 14.5. The van der Waals surface area contributed by atoms with E-state index in [1.807, 2.05) is 0 Å². The maximum atomic E-state index is 12.3. The third kappa shape index (κ3) is 4.34. The van der Waals surface area contributed by atoms with Crippen LogP contribution in [-0.2, 0) is 0 Å². The van der Waals surface area contributed by atoms with Crippen LogP contribution in [0.1, 0.15) is 26.2 Å². The van der Waals surface area contributed by atoms with Crippen LogP contribution in [0.2, 0.25) is 0 Å². The van der Waals surface area contributed by atoms with Crippen LogP contribution in [0.15, 0.2) is 18.2 Å². The Morgan fingerprint density at radius 2 is 1.88 bits per heavy atom. The Balaban J connectivity index is 1.64. The summed E-state index contributed by atoms with van der Waals surface area (Å²) in [6.45, 7) is 3.17. The number of carbonyl (C=O) groups excluding carboxylic acids is 1. The third-order valence-corrected chi connectivity index (χ3v) is 5.17. The number of nitrogens with one attached hydrogen (secondary N) is 2. The van der Waals surface area contributed by atoms with Crippen molar-refractivity contribution in [1.29, 1.82) is 0 Å². The van der Waals surface area contributed by atoms with Crippen molar-refractivity contribution in [2.75, 3.05) is 36.3 Å². The Morgan fingerprint density at radius 3 is 2.54 bits per heavy atom. The zero-order chi connectivity index (χ0) is 18.5. The highest BCUT2D eigenvalue weighted by atomic mass is 32.1. The molecule has 0 unspecified atom stereocenters. The second-order valence-electron chi connectivity index (χ2n) is 6.11. The van der Waals surface area contributed by atoms with Crippen molar-refractivity contribution < 1.29 is 14.3 Å². The van der Waals surface area contributed by atoms with E-state index in [0.717, 1.165) is 24.5 Å². The first-order valence-electron chi connectivity index (χ1n) is 8.50. The lowest BCUT2D eigenvalue weighted by Crippen LogP contribution is -2.37. The fraction of sp³-hybridized carbons (Fsp3) is 0.471. The van der Waals surface area contributed by atoms with E-state index in [4.69, 9.17) is 9.47 Å². The van der Waals surface area contributed by atoms with Gasteiger partial charge in [0.15, 0.2) is 0 Å². The van der Waals surface area contributed by atoms with E-state index in [1.54, 1.807) is 32.4 Å². The Kier molecular flexibility index (Phi) is 5.77. The standard InChI is InChI=1S/C17H23N5O3S/c1-11-6-4-5-7-22(11)17-21-20-16(26-17)19-15(23)18-12-8-13(24-2)10-14(9-12)25-3/h8-11H,4-7H2,1-3H3,(H2,18,19,20,23)/t11-/m1/s1. The van der Waals surface area contributed by atoms with Gasteiger partial charge in [0, 0.05) is 36.5 Å². The minimum absolute atomic E-state index is 0.394. The van der Waals surface area contributed by atoms with Crippen molar-refractivity contribution in [3.05, 3.63) is 18.2 Å². The number of hydrogen-bond acceptors (Lipinski definition) is 7. The SMILES string of the molecule is COc1cc(NC(=O)Nc2nnc(N3CCCC[C@H]3C)s2)cc(OC)c1. The molecule has 2 amide bonds. The maximum Gasteiger partial charge on any atom is 0.325 e. The van der Waals surface area contributed by atoms with Crippen molar-refractivity contribution in [2.45, 2.75) is 32.2 Å². The van der Waals surface area contributed by atoms with Crippen molar-refractivity contribution in [3.63, 3.8) is 0 Å². The predicted molar refractivity (Wildman–Crippen MR) is 103 cm³/mol. The van der Waals surface area contributed by atoms with Crippen molar-refractivity contribution in [2.24, 2.45) is 0 Å². The largest absolute Gasteiger partial charge is 0.497 e. The van der Waals surface area contributed by atoms with Crippen molar-refractivity contribution >= 4 is 33.3 Å². The molecule has 1 aliphatic rings. The summed E-state index contributed by atoms with van der Waals surface area (Å²) < 4.78 is 10.4. The lowest BCUT2D eigenvalue weighted by atomic mass is 10.1. The first-order chi connectivity index (χ1) is 12.6. The molecule has 9 heteroatoms. The van der Waals surface area contributed by atoms with E-state index in [-0.39, 0.29) is 0 Å². The average Bonchev–Trinajstić information content (AvgIpc) is 3.09. The van der Waals surface area contributed by atoms with Gasteiger partial charge in [0.2, 0.25) is 10.3 Å². The number of piperidine rings is 1. The second-order valence-corrected chi connectivity index (χ2v) is 7.06. The van der Waals surface area contributed by atoms with Crippen LogP contribution in [0.4, 0.5) is 20.7 Å². The van der Waals surface area contributed by atoms with Crippen LogP contribution in [-0.4, -0.2) is 43.0 Å². The highest BCUT2D eigenvalue weighted by molar-refractivity contribution is 7.19.